The van der Waals surface area contributed by atoms with Crippen molar-refractivity contribution in [2.24, 2.45) is 15.9 Å². The molecule has 0 aliphatic carbocycles. The van der Waals surface area contributed by atoms with Gasteiger partial charge in [-0.3, -0.25) is 10.1 Å². The number of hydrogen-bond donors (Lipinski definition) is 4. The van der Waals surface area contributed by atoms with E-state index in [0.717, 1.165) is 12.8 Å². The Bertz CT molecular complexity index is 1060. The number of rotatable bonds is 11. The highest BCUT2D eigenvalue weighted by atomic mass is 32.2. The van der Waals surface area contributed by atoms with Crippen LogP contribution in [-0.2, 0) is 10.0 Å². The number of thiocarbonyl (C=S) groups is 1. The lowest BCUT2D eigenvalue weighted by molar-refractivity contribution is 0.0977. The number of anilines is 1. The number of guanidine groups is 1. The van der Waals surface area contributed by atoms with Gasteiger partial charge in [-0.15, -0.1) is 4.40 Å². The molecule has 0 heterocycles. The van der Waals surface area contributed by atoms with Crippen LogP contribution in [0.15, 0.2) is 57.8 Å². The standard InChI is InChI=1S/C22H29N5O4S2/c1-2-3-4-5-6-15-31-18-11-7-16(8-12-18)20(28)26-22(32)25-17-9-13-19(14-10-17)33(29,30)27-21(23)24/h7-14H,2-6,15H2,1H3,(H4,23,24,27)(H2,25,26,28,32). The Kier molecular flexibility index (Phi) is 10.1. The quantitative estimate of drug-likeness (QED) is 0.162. The Balaban J connectivity index is 1.84. The lowest BCUT2D eigenvalue weighted by atomic mass is 10.2. The number of carbonyl (C=O) groups is 1. The van der Waals surface area contributed by atoms with Crippen molar-refractivity contribution in [3.8, 4) is 5.75 Å². The molecule has 1 amide bonds. The number of carbonyl (C=O) groups excluding carboxylic acids is 1. The van der Waals surface area contributed by atoms with Gasteiger partial charge >= 0.3 is 0 Å². The third-order valence-electron chi connectivity index (χ3n) is 4.50. The summed E-state index contributed by atoms with van der Waals surface area (Å²) in [4.78, 5) is 12.3. The van der Waals surface area contributed by atoms with Gasteiger partial charge in [-0.25, -0.2) is 0 Å². The maximum atomic E-state index is 12.4. The molecule has 0 fully saturated rings. The lowest BCUT2D eigenvalue weighted by Gasteiger charge is -2.11. The number of nitrogens with two attached hydrogens (primary N) is 2. The molecule has 11 heteroatoms. The molecule has 0 aromatic heterocycles. The van der Waals surface area contributed by atoms with Gasteiger partial charge < -0.3 is 21.5 Å². The Morgan fingerprint density at radius 2 is 1.64 bits per heavy atom. The van der Waals surface area contributed by atoms with Gasteiger partial charge in [0.15, 0.2) is 5.11 Å². The molecule has 0 aliphatic heterocycles. The second-order valence-electron chi connectivity index (χ2n) is 7.21. The van der Waals surface area contributed by atoms with E-state index in [-0.39, 0.29) is 15.9 Å². The van der Waals surface area contributed by atoms with Crippen molar-refractivity contribution in [2.75, 3.05) is 11.9 Å². The summed E-state index contributed by atoms with van der Waals surface area (Å²) in [7, 11) is -3.98. The molecule has 2 rings (SSSR count). The molecule has 33 heavy (non-hydrogen) atoms. The molecule has 0 spiro atoms. The summed E-state index contributed by atoms with van der Waals surface area (Å²) >= 11 is 5.16. The molecule has 6 N–H and O–H groups in total. The maximum absolute atomic E-state index is 12.4. The average Bonchev–Trinajstić information content (AvgIpc) is 2.76. The number of hydrogen-bond acceptors (Lipinski definition) is 5. The second-order valence-corrected chi connectivity index (χ2v) is 9.22. The molecule has 0 atom stereocenters. The van der Waals surface area contributed by atoms with Crippen molar-refractivity contribution >= 4 is 44.9 Å². The summed E-state index contributed by atoms with van der Waals surface area (Å²) < 4.78 is 32.8. The zero-order valence-corrected chi connectivity index (χ0v) is 20.0. The van der Waals surface area contributed by atoms with Crippen LogP contribution < -0.4 is 26.8 Å². The summed E-state index contributed by atoms with van der Waals surface area (Å²) in [5.74, 6) is -0.229. The van der Waals surface area contributed by atoms with E-state index in [1.165, 1.54) is 43.5 Å². The summed E-state index contributed by atoms with van der Waals surface area (Å²) in [6.45, 7) is 2.83. The number of unbranched alkanes of at least 4 members (excludes halogenated alkanes) is 4. The van der Waals surface area contributed by atoms with E-state index in [4.69, 9.17) is 28.4 Å². The number of amides is 1. The summed E-state index contributed by atoms with van der Waals surface area (Å²) in [6, 6.07) is 12.4. The van der Waals surface area contributed by atoms with E-state index in [9.17, 15) is 13.2 Å². The first-order valence-corrected chi connectivity index (χ1v) is 12.4. The Labute approximate surface area is 199 Å². The summed E-state index contributed by atoms with van der Waals surface area (Å²) in [6.07, 6.45) is 5.82. The highest BCUT2D eigenvalue weighted by molar-refractivity contribution is 7.90. The monoisotopic (exact) mass is 491 g/mol. The molecule has 0 radical (unpaired) electrons. The van der Waals surface area contributed by atoms with Crippen LogP contribution in [0.25, 0.3) is 0 Å². The molecular weight excluding hydrogens is 462 g/mol. The minimum absolute atomic E-state index is 0.0623. The van der Waals surface area contributed by atoms with Crippen molar-refractivity contribution in [3.05, 3.63) is 54.1 Å². The van der Waals surface area contributed by atoms with E-state index in [2.05, 4.69) is 22.0 Å². The van der Waals surface area contributed by atoms with Crippen LogP contribution in [0.2, 0.25) is 0 Å². The molecule has 0 unspecified atom stereocenters. The molecule has 2 aromatic rings. The molecule has 9 nitrogen and oxygen atoms in total. The van der Waals surface area contributed by atoms with Crippen LogP contribution in [0.5, 0.6) is 5.75 Å². The SMILES string of the molecule is CCCCCCCOc1ccc(C(=O)NC(=S)Nc2ccc(S(=O)(=O)N=C(N)N)cc2)cc1. The highest BCUT2D eigenvalue weighted by Crippen LogP contribution is 2.16. The number of benzene rings is 2. The van der Waals surface area contributed by atoms with Crippen molar-refractivity contribution in [3.63, 3.8) is 0 Å². The Hall–Kier alpha value is -3.18. The summed E-state index contributed by atoms with van der Waals surface area (Å²) in [5.41, 5.74) is 11.2. The van der Waals surface area contributed by atoms with Crippen LogP contribution in [0.3, 0.4) is 0 Å². The Morgan fingerprint density at radius 3 is 2.24 bits per heavy atom. The van der Waals surface area contributed by atoms with Gasteiger partial charge in [-0.2, -0.15) is 8.42 Å². The fourth-order valence-corrected chi connectivity index (χ4v) is 3.91. The van der Waals surface area contributed by atoms with E-state index in [0.29, 0.717) is 23.6 Å². The first-order valence-electron chi connectivity index (χ1n) is 10.5. The number of nitrogens with zero attached hydrogens (tertiary/aromatic N) is 1. The molecule has 0 saturated heterocycles. The predicted octanol–water partition coefficient (Wildman–Crippen LogP) is 3.12. The van der Waals surface area contributed by atoms with Gasteiger partial charge in [0.05, 0.1) is 11.5 Å². The molecule has 0 aliphatic rings. The fourth-order valence-electron chi connectivity index (χ4n) is 2.84. The van der Waals surface area contributed by atoms with Gasteiger partial charge in [0, 0.05) is 11.3 Å². The first-order chi connectivity index (χ1) is 15.7. The Morgan fingerprint density at radius 1 is 1.00 bits per heavy atom. The molecule has 0 bridgehead atoms. The average molecular weight is 492 g/mol. The normalized spacial score (nSPS) is 10.8. The van der Waals surface area contributed by atoms with Crippen LogP contribution in [-0.4, -0.2) is 32.0 Å². The second kappa shape index (κ2) is 12.8. The smallest absolute Gasteiger partial charge is 0.285 e. The number of ether oxygens (including phenoxy) is 1. The summed E-state index contributed by atoms with van der Waals surface area (Å²) in [5, 5.41) is 5.45. The maximum Gasteiger partial charge on any atom is 0.285 e. The van der Waals surface area contributed by atoms with Gasteiger partial charge in [-0.1, -0.05) is 32.6 Å². The number of nitrogens with one attached hydrogen (secondary N) is 2. The minimum atomic E-state index is -3.98. The van der Waals surface area contributed by atoms with Crippen LogP contribution in [0.4, 0.5) is 5.69 Å². The predicted molar refractivity (Wildman–Crippen MR) is 134 cm³/mol. The molecule has 2 aromatic carbocycles. The van der Waals surface area contributed by atoms with Gasteiger partial charge in [-0.05, 0) is 67.2 Å². The number of sulfonamides is 1. The van der Waals surface area contributed by atoms with E-state index < -0.39 is 16.0 Å². The zero-order chi connectivity index (χ0) is 24.3. The van der Waals surface area contributed by atoms with Crippen molar-refractivity contribution in [2.45, 2.75) is 43.9 Å². The van der Waals surface area contributed by atoms with Crippen molar-refractivity contribution < 1.29 is 17.9 Å². The van der Waals surface area contributed by atoms with E-state index in [1.807, 2.05) is 0 Å². The lowest BCUT2D eigenvalue weighted by Crippen LogP contribution is -2.34. The van der Waals surface area contributed by atoms with E-state index >= 15 is 0 Å². The molecule has 0 saturated carbocycles. The molecular formula is C22H29N5O4S2. The van der Waals surface area contributed by atoms with Crippen molar-refractivity contribution in [1.29, 1.82) is 0 Å². The minimum Gasteiger partial charge on any atom is -0.494 e. The fraction of sp³-hybridized carbons (Fsp3) is 0.318. The molecule has 178 valence electrons. The van der Waals surface area contributed by atoms with E-state index in [1.54, 1.807) is 24.3 Å². The zero-order valence-electron chi connectivity index (χ0n) is 18.4. The first kappa shape index (κ1) is 26.1. The topological polar surface area (TPSA) is 149 Å². The van der Waals surface area contributed by atoms with Gasteiger partial charge in [0.25, 0.3) is 15.9 Å². The van der Waals surface area contributed by atoms with Crippen molar-refractivity contribution in [1.82, 2.24) is 5.32 Å². The van der Waals surface area contributed by atoms with Gasteiger partial charge in [0.2, 0.25) is 5.96 Å². The van der Waals surface area contributed by atoms with Crippen LogP contribution in [0, 0.1) is 0 Å². The highest BCUT2D eigenvalue weighted by Gasteiger charge is 2.13. The van der Waals surface area contributed by atoms with Gasteiger partial charge in [0.1, 0.15) is 5.75 Å². The van der Waals surface area contributed by atoms with Crippen LogP contribution >= 0.6 is 12.2 Å². The third-order valence-corrected chi connectivity index (χ3v) is 6.02. The largest absolute Gasteiger partial charge is 0.494 e. The van der Waals surface area contributed by atoms with Crippen LogP contribution in [0.1, 0.15) is 49.4 Å². The third kappa shape index (κ3) is 9.07.